The Morgan fingerprint density at radius 3 is 2.83 bits per heavy atom. The van der Waals surface area contributed by atoms with Gasteiger partial charge in [-0.3, -0.25) is 9.79 Å². The van der Waals surface area contributed by atoms with E-state index in [0.717, 1.165) is 55.6 Å². The molecule has 29 heavy (non-hydrogen) atoms. The molecule has 6 nitrogen and oxygen atoms in total. The average molecular weight is 527 g/mol. The van der Waals surface area contributed by atoms with Crippen molar-refractivity contribution in [2.45, 2.75) is 32.6 Å². The van der Waals surface area contributed by atoms with Crippen molar-refractivity contribution in [1.82, 2.24) is 15.2 Å². The Balaban J connectivity index is 0.00000300. The van der Waals surface area contributed by atoms with E-state index in [9.17, 15) is 4.79 Å². The lowest BCUT2D eigenvalue weighted by Gasteiger charge is -2.34. The Kier molecular flexibility index (Phi) is 9.35. The van der Waals surface area contributed by atoms with Gasteiger partial charge in [0.2, 0.25) is 5.91 Å². The molecule has 1 amide bonds. The number of likely N-dealkylation sites (tertiary alicyclic amines) is 1. The normalized spacial score (nSPS) is 17.0. The first-order chi connectivity index (χ1) is 13.5. The maximum Gasteiger partial charge on any atom is 0.217 e. The predicted octanol–water partition coefficient (Wildman–Crippen LogP) is 3.44. The van der Waals surface area contributed by atoms with E-state index < -0.39 is 0 Å². The number of aromatic nitrogens is 1. The second kappa shape index (κ2) is 11.5. The van der Waals surface area contributed by atoms with E-state index >= 15 is 0 Å². The van der Waals surface area contributed by atoms with Gasteiger partial charge >= 0.3 is 0 Å². The van der Waals surface area contributed by atoms with Crippen molar-refractivity contribution in [3.8, 4) is 10.6 Å². The fraction of sp³-hybridized carbons (Fsp3) is 0.476. The summed E-state index contributed by atoms with van der Waals surface area (Å²) < 4.78 is 0. The molecule has 8 heteroatoms. The van der Waals surface area contributed by atoms with Crippen LogP contribution in [0.5, 0.6) is 0 Å². The number of nitrogens with zero attached hydrogens (tertiary/aromatic N) is 3. The van der Waals surface area contributed by atoms with Crippen molar-refractivity contribution in [2.75, 3.05) is 26.7 Å². The molecule has 1 aromatic heterocycles. The number of carbonyl (C=O) groups excluding carboxylic acids is 1. The summed E-state index contributed by atoms with van der Waals surface area (Å²) in [5.74, 6) is 0.992. The third-order valence-corrected chi connectivity index (χ3v) is 5.97. The highest BCUT2D eigenvalue weighted by molar-refractivity contribution is 14.0. The van der Waals surface area contributed by atoms with Crippen LogP contribution >= 0.6 is 35.3 Å². The molecule has 1 aliphatic heterocycles. The number of benzene rings is 1. The molecule has 3 N–H and O–H groups in total. The summed E-state index contributed by atoms with van der Waals surface area (Å²) >= 11 is 1.68. The largest absolute Gasteiger partial charge is 0.370 e. The molecule has 2 aromatic rings. The van der Waals surface area contributed by atoms with Crippen molar-refractivity contribution < 1.29 is 4.79 Å². The molecule has 0 spiro atoms. The number of hydrogen-bond donors (Lipinski definition) is 2. The molecule has 1 saturated heterocycles. The number of piperidine rings is 1. The van der Waals surface area contributed by atoms with Gasteiger partial charge in [0.1, 0.15) is 5.01 Å². The average Bonchev–Trinajstić information content (AvgIpc) is 3.14. The highest BCUT2D eigenvalue weighted by Gasteiger charge is 2.23. The summed E-state index contributed by atoms with van der Waals surface area (Å²) in [7, 11) is 1.80. The monoisotopic (exact) mass is 527 g/mol. The van der Waals surface area contributed by atoms with Gasteiger partial charge < -0.3 is 16.0 Å². The van der Waals surface area contributed by atoms with Gasteiger partial charge in [-0.2, -0.15) is 0 Å². The second-order valence-electron chi connectivity index (χ2n) is 7.36. The maximum absolute atomic E-state index is 11.2. The van der Waals surface area contributed by atoms with E-state index in [1.54, 1.807) is 18.4 Å². The number of rotatable bonds is 6. The van der Waals surface area contributed by atoms with Crippen LogP contribution in [0.3, 0.4) is 0 Å². The number of thiazole rings is 1. The zero-order valence-corrected chi connectivity index (χ0v) is 20.2. The summed E-state index contributed by atoms with van der Waals surface area (Å²) in [6.07, 6.45) is 3.41. The number of hydrogen-bond acceptors (Lipinski definition) is 4. The summed E-state index contributed by atoms with van der Waals surface area (Å²) in [5, 5.41) is 6.63. The Bertz CT molecular complexity index is 821. The molecule has 1 unspecified atom stereocenters. The molecule has 0 aliphatic carbocycles. The van der Waals surface area contributed by atoms with E-state index in [1.165, 1.54) is 11.1 Å². The number of primary amides is 1. The molecule has 3 rings (SSSR count). The number of aryl methyl sites for hydroxylation is 1. The smallest absolute Gasteiger partial charge is 0.217 e. The standard InChI is InChI=1S/C21H29N5OS.HI/c1-15-5-7-17(8-6-15)20-25-18(14-28-20)9-10-24-21(23-2)26-11-3-4-16(13-26)12-19(22)27;/h5-8,14,16H,3-4,9-13H2,1-2H3,(H2,22,27)(H,23,24);1H. The Morgan fingerprint density at radius 2 is 2.14 bits per heavy atom. The van der Waals surface area contributed by atoms with E-state index in [-0.39, 0.29) is 29.9 Å². The van der Waals surface area contributed by atoms with E-state index in [4.69, 9.17) is 10.7 Å². The van der Waals surface area contributed by atoms with Crippen LogP contribution in [0.15, 0.2) is 34.6 Å². The summed E-state index contributed by atoms with van der Waals surface area (Å²) in [4.78, 5) is 22.6. The van der Waals surface area contributed by atoms with Crippen LogP contribution in [0.1, 0.15) is 30.5 Å². The van der Waals surface area contributed by atoms with Crippen molar-refractivity contribution in [1.29, 1.82) is 0 Å². The summed E-state index contributed by atoms with van der Waals surface area (Å²) in [6.45, 7) is 4.66. The highest BCUT2D eigenvalue weighted by Crippen LogP contribution is 2.24. The zero-order chi connectivity index (χ0) is 19.9. The Hall–Kier alpha value is -1.68. The lowest BCUT2D eigenvalue weighted by Crippen LogP contribution is -2.47. The van der Waals surface area contributed by atoms with Gasteiger partial charge in [-0.15, -0.1) is 35.3 Å². The van der Waals surface area contributed by atoms with Crippen molar-refractivity contribution in [3.63, 3.8) is 0 Å². The number of nitrogens with two attached hydrogens (primary N) is 1. The molecule has 158 valence electrons. The number of carbonyl (C=O) groups is 1. The molecular weight excluding hydrogens is 497 g/mol. The van der Waals surface area contributed by atoms with Gasteiger partial charge in [0.25, 0.3) is 0 Å². The Labute approximate surface area is 194 Å². The van der Waals surface area contributed by atoms with Crippen LogP contribution in [0.4, 0.5) is 0 Å². The maximum atomic E-state index is 11.2. The molecular formula is C21H30IN5OS. The fourth-order valence-corrected chi connectivity index (χ4v) is 4.45. The van der Waals surface area contributed by atoms with Crippen LogP contribution in [-0.2, 0) is 11.2 Å². The van der Waals surface area contributed by atoms with Gasteiger partial charge in [0, 0.05) is 50.5 Å². The van der Waals surface area contributed by atoms with Crippen molar-refractivity contribution >= 4 is 47.2 Å². The lowest BCUT2D eigenvalue weighted by atomic mass is 9.95. The second-order valence-corrected chi connectivity index (χ2v) is 8.22. The van der Waals surface area contributed by atoms with E-state index in [0.29, 0.717) is 12.3 Å². The first kappa shape index (κ1) is 23.6. The zero-order valence-electron chi connectivity index (χ0n) is 17.1. The molecule has 0 radical (unpaired) electrons. The molecule has 0 saturated carbocycles. The van der Waals surface area contributed by atoms with E-state index in [1.807, 2.05) is 0 Å². The predicted molar refractivity (Wildman–Crippen MR) is 131 cm³/mol. The molecule has 2 heterocycles. The van der Waals surface area contributed by atoms with Crippen LogP contribution < -0.4 is 11.1 Å². The third-order valence-electron chi connectivity index (χ3n) is 5.03. The van der Waals surface area contributed by atoms with Crippen LogP contribution in [0.2, 0.25) is 0 Å². The first-order valence-electron chi connectivity index (χ1n) is 9.80. The van der Waals surface area contributed by atoms with Crippen LogP contribution in [0, 0.1) is 12.8 Å². The van der Waals surface area contributed by atoms with Gasteiger partial charge in [0.05, 0.1) is 5.69 Å². The van der Waals surface area contributed by atoms with Gasteiger partial charge in [-0.1, -0.05) is 29.8 Å². The minimum atomic E-state index is -0.220. The lowest BCUT2D eigenvalue weighted by molar-refractivity contribution is -0.119. The number of aliphatic imine (C=N–C) groups is 1. The SMILES string of the molecule is CN=C(NCCc1csc(-c2ccc(C)cc2)n1)N1CCCC(CC(N)=O)C1.I. The van der Waals surface area contributed by atoms with Gasteiger partial charge in [0.15, 0.2) is 5.96 Å². The van der Waals surface area contributed by atoms with Crippen LogP contribution in [-0.4, -0.2) is 48.4 Å². The quantitative estimate of drug-likeness (QED) is 0.343. The molecule has 0 bridgehead atoms. The summed E-state index contributed by atoms with van der Waals surface area (Å²) in [5.41, 5.74) is 8.88. The Morgan fingerprint density at radius 1 is 1.38 bits per heavy atom. The number of amides is 1. The number of nitrogens with one attached hydrogen (secondary N) is 1. The molecule has 1 aromatic carbocycles. The third kappa shape index (κ3) is 6.95. The van der Waals surface area contributed by atoms with Crippen molar-refractivity contribution in [2.24, 2.45) is 16.6 Å². The van der Waals surface area contributed by atoms with Gasteiger partial charge in [-0.05, 0) is 25.7 Å². The summed E-state index contributed by atoms with van der Waals surface area (Å²) in [6, 6.07) is 8.48. The van der Waals surface area contributed by atoms with E-state index in [2.05, 4.69) is 51.8 Å². The first-order valence-corrected chi connectivity index (χ1v) is 10.7. The van der Waals surface area contributed by atoms with Crippen molar-refractivity contribution in [3.05, 3.63) is 40.9 Å². The highest BCUT2D eigenvalue weighted by atomic mass is 127. The molecule has 1 atom stereocenters. The number of guanidine groups is 1. The molecule has 1 aliphatic rings. The minimum Gasteiger partial charge on any atom is -0.370 e. The fourth-order valence-electron chi connectivity index (χ4n) is 3.59. The number of halogens is 1. The topological polar surface area (TPSA) is 83.6 Å². The molecule has 1 fully saturated rings. The van der Waals surface area contributed by atoms with Gasteiger partial charge in [-0.25, -0.2) is 4.98 Å². The minimum absolute atomic E-state index is 0. The van der Waals surface area contributed by atoms with Crippen LogP contribution in [0.25, 0.3) is 10.6 Å².